The van der Waals surface area contributed by atoms with Gasteiger partial charge in [-0.3, -0.25) is 4.21 Å². The Morgan fingerprint density at radius 2 is 1.76 bits per heavy atom. The van der Waals surface area contributed by atoms with E-state index in [1.165, 1.54) is 0 Å². The number of nitrogens with zero attached hydrogens (tertiary/aromatic N) is 2. The summed E-state index contributed by atoms with van der Waals surface area (Å²) in [5.74, 6) is 1.84. The van der Waals surface area contributed by atoms with Crippen LogP contribution in [0.4, 0.5) is 11.6 Å². The summed E-state index contributed by atoms with van der Waals surface area (Å²) < 4.78 is 11.4. The fourth-order valence-electron chi connectivity index (χ4n) is 2.01. The zero-order chi connectivity index (χ0) is 15.7. The van der Waals surface area contributed by atoms with Crippen LogP contribution in [0.5, 0.6) is 0 Å². The molecule has 5 nitrogen and oxygen atoms in total. The van der Waals surface area contributed by atoms with E-state index in [-0.39, 0.29) is 5.25 Å². The van der Waals surface area contributed by atoms with E-state index in [0.29, 0.717) is 0 Å². The second-order valence-electron chi connectivity index (χ2n) is 5.25. The van der Waals surface area contributed by atoms with Gasteiger partial charge in [0, 0.05) is 41.0 Å². The van der Waals surface area contributed by atoms with E-state index >= 15 is 0 Å². The summed E-state index contributed by atoms with van der Waals surface area (Å²) in [6.07, 6.45) is 7.29. The molecule has 0 bridgehead atoms. The fraction of sp³-hybridized carbons (Fsp3) is 0.733. The van der Waals surface area contributed by atoms with Crippen molar-refractivity contribution < 1.29 is 4.21 Å². The van der Waals surface area contributed by atoms with Gasteiger partial charge < -0.3 is 10.6 Å². The molecule has 0 spiro atoms. The molecule has 0 aromatic carbocycles. The summed E-state index contributed by atoms with van der Waals surface area (Å²) >= 11 is 0. The van der Waals surface area contributed by atoms with E-state index in [9.17, 15) is 4.21 Å². The van der Waals surface area contributed by atoms with Crippen LogP contribution in [0.2, 0.25) is 0 Å². The van der Waals surface area contributed by atoms with Gasteiger partial charge in [-0.15, -0.1) is 0 Å². The number of aromatic nitrogens is 2. The molecular formula is C15H28N4OS. The van der Waals surface area contributed by atoms with E-state index in [1.807, 2.05) is 6.92 Å². The first-order valence-corrected chi connectivity index (χ1v) is 9.36. The Kier molecular flexibility index (Phi) is 8.27. The van der Waals surface area contributed by atoms with Gasteiger partial charge in [0.25, 0.3) is 0 Å². The fourth-order valence-corrected chi connectivity index (χ4v) is 2.46. The predicted molar refractivity (Wildman–Crippen MR) is 91.4 cm³/mol. The number of anilines is 2. The lowest BCUT2D eigenvalue weighted by Gasteiger charge is -2.15. The maximum Gasteiger partial charge on any atom is 0.134 e. The Morgan fingerprint density at radius 3 is 2.29 bits per heavy atom. The van der Waals surface area contributed by atoms with E-state index in [4.69, 9.17) is 0 Å². The summed E-state index contributed by atoms with van der Waals surface area (Å²) in [7, 11) is -0.771. The molecule has 2 atom stereocenters. The van der Waals surface area contributed by atoms with Crippen molar-refractivity contribution in [1.29, 1.82) is 0 Å². The predicted octanol–water partition coefficient (Wildman–Crippen LogP) is 2.82. The summed E-state index contributed by atoms with van der Waals surface area (Å²) in [6.45, 7) is 8.00. The van der Waals surface area contributed by atoms with Crippen LogP contribution in [0.1, 0.15) is 45.6 Å². The SMILES string of the molecule is CCCNc1ncnc(NCCC(C)S(C)=O)c1CCC. The molecule has 1 rings (SSSR count). The Bertz CT molecular complexity index is 453. The van der Waals surface area contributed by atoms with Gasteiger partial charge in [-0.05, 0) is 19.3 Å². The van der Waals surface area contributed by atoms with Gasteiger partial charge in [-0.2, -0.15) is 0 Å². The average Bonchev–Trinajstić information content (AvgIpc) is 2.47. The van der Waals surface area contributed by atoms with Crippen molar-refractivity contribution in [2.24, 2.45) is 0 Å². The smallest absolute Gasteiger partial charge is 0.134 e. The lowest BCUT2D eigenvalue weighted by atomic mass is 10.1. The molecule has 0 amide bonds. The molecule has 0 aliphatic rings. The number of hydrogen-bond donors (Lipinski definition) is 2. The third-order valence-electron chi connectivity index (χ3n) is 3.40. The Hall–Kier alpha value is -1.17. The zero-order valence-corrected chi connectivity index (χ0v) is 14.4. The van der Waals surface area contributed by atoms with E-state index in [2.05, 4.69) is 34.4 Å². The third kappa shape index (κ3) is 5.99. The quantitative estimate of drug-likeness (QED) is 0.695. The second kappa shape index (κ2) is 9.71. The van der Waals surface area contributed by atoms with E-state index in [1.54, 1.807) is 12.6 Å². The van der Waals surface area contributed by atoms with Gasteiger partial charge in [0.05, 0.1) is 0 Å². The minimum atomic E-state index is -0.771. The molecule has 21 heavy (non-hydrogen) atoms. The molecule has 0 saturated heterocycles. The lowest BCUT2D eigenvalue weighted by molar-refractivity contribution is 0.672. The zero-order valence-electron chi connectivity index (χ0n) is 13.6. The van der Waals surface area contributed by atoms with E-state index in [0.717, 1.165) is 56.0 Å². The van der Waals surface area contributed by atoms with Crippen LogP contribution in [-0.2, 0) is 17.2 Å². The topological polar surface area (TPSA) is 66.9 Å². The highest BCUT2D eigenvalue weighted by molar-refractivity contribution is 7.84. The van der Waals surface area contributed by atoms with Crippen LogP contribution < -0.4 is 10.6 Å². The number of nitrogens with one attached hydrogen (secondary N) is 2. The molecule has 0 fully saturated rings. The first-order valence-electron chi connectivity index (χ1n) is 7.73. The summed E-state index contributed by atoms with van der Waals surface area (Å²) in [4.78, 5) is 8.73. The molecule has 2 unspecified atom stereocenters. The van der Waals surface area contributed by atoms with Crippen LogP contribution in [0.3, 0.4) is 0 Å². The summed E-state index contributed by atoms with van der Waals surface area (Å²) in [5, 5.41) is 6.94. The van der Waals surface area contributed by atoms with Crippen LogP contribution >= 0.6 is 0 Å². The minimum absolute atomic E-state index is 0.201. The van der Waals surface area contributed by atoms with Crippen molar-refractivity contribution in [3.8, 4) is 0 Å². The van der Waals surface area contributed by atoms with Crippen molar-refractivity contribution in [2.45, 2.75) is 51.7 Å². The van der Waals surface area contributed by atoms with Crippen LogP contribution in [0.25, 0.3) is 0 Å². The normalized spacial score (nSPS) is 13.7. The third-order valence-corrected chi connectivity index (χ3v) is 4.77. The van der Waals surface area contributed by atoms with Crippen molar-refractivity contribution in [3.05, 3.63) is 11.9 Å². The molecule has 0 aliphatic carbocycles. The Morgan fingerprint density at radius 1 is 1.14 bits per heavy atom. The first kappa shape index (κ1) is 17.9. The monoisotopic (exact) mass is 312 g/mol. The lowest BCUT2D eigenvalue weighted by Crippen LogP contribution is -2.17. The van der Waals surface area contributed by atoms with Gasteiger partial charge in [-0.1, -0.05) is 27.2 Å². The van der Waals surface area contributed by atoms with Crippen molar-refractivity contribution in [3.63, 3.8) is 0 Å². The molecule has 1 heterocycles. The molecule has 2 N–H and O–H groups in total. The molecule has 6 heteroatoms. The van der Waals surface area contributed by atoms with Crippen LogP contribution in [0.15, 0.2) is 6.33 Å². The van der Waals surface area contributed by atoms with Gasteiger partial charge >= 0.3 is 0 Å². The molecule has 1 aromatic rings. The number of hydrogen-bond acceptors (Lipinski definition) is 5. The maximum atomic E-state index is 11.4. The second-order valence-corrected chi connectivity index (χ2v) is 7.05. The molecule has 120 valence electrons. The molecule has 1 aromatic heterocycles. The van der Waals surface area contributed by atoms with Crippen molar-refractivity contribution in [1.82, 2.24) is 9.97 Å². The van der Waals surface area contributed by atoms with Crippen molar-refractivity contribution in [2.75, 3.05) is 30.0 Å². The maximum absolute atomic E-state index is 11.4. The van der Waals surface area contributed by atoms with Gasteiger partial charge in [0.15, 0.2) is 0 Å². The van der Waals surface area contributed by atoms with Gasteiger partial charge in [0.1, 0.15) is 18.0 Å². The largest absolute Gasteiger partial charge is 0.370 e. The van der Waals surface area contributed by atoms with Crippen molar-refractivity contribution >= 4 is 22.4 Å². The molecule has 0 saturated carbocycles. The van der Waals surface area contributed by atoms with Crippen LogP contribution in [-0.4, -0.2) is 38.8 Å². The first-order chi connectivity index (χ1) is 10.1. The van der Waals surface area contributed by atoms with Gasteiger partial charge in [-0.25, -0.2) is 9.97 Å². The van der Waals surface area contributed by atoms with Crippen LogP contribution in [0, 0.1) is 0 Å². The highest BCUT2D eigenvalue weighted by Gasteiger charge is 2.11. The summed E-state index contributed by atoms with van der Waals surface area (Å²) in [5.41, 5.74) is 1.15. The Labute approximate surface area is 130 Å². The molecule has 0 aliphatic heterocycles. The van der Waals surface area contributed by atoms with Gasteiger partial charge in [0.2, 0.25) is 0 Å². The summed E-state index contributed by atoms with van der Waals surface area (Å²) in [6, 6.07) is 0. The highest BCUT2D eigenvalue weighted by atomic mass is 32.2. The van der Waals surface area contributed by atoms with E-state index < -0.39 is 10.8 Å². The average molecular weight is 312 g/mol. The minimum Gasteiger partial charge on any atom is -0.370 e. The molecular weight excluding hydrogens is 284 g/mol. The Balaban J connectivity index is 2.73. The standard InChI is InChI=1S/C15H28N4OS/c1-5-7-13-14(16-9-6-2)18-11-19-15(13)17-10-8-12(3)21(4)20/h11-12H,5-10H2,1-4H3,(H2,16,17,18,19). The highest BCUT2D eigenvalue weighted by Crippen LogP contribution is 2.21. The molecule has 0 radical (unpaired) electrons. The number of rotatable bonds is 10.